The van der Waals surface area contributed by atoms with Crippen LogP contribution in [0.25, 0.3) is 0 Å². The fourth-order valence-electron chi connectivity index (χ4n) is 5.92. The highest BCUT2D eigenvalue weighted by Crippen LogP contribution is 2.52. The lowest BCUT2D eigenvalue weighted by Crippen LogP contribution is -2.60. The van der Waals surface area contributed by atoms with E-state index in [0.29, 0.717) is 18.2 Å². The van der Waals surface area contributed by atoms with Crippen LogP contribution in [0.1, 0.15) is 51.0 Å². The molecule has 7 heteroatoms. The molecule has 2 fully saturated rings. The van der Waals surface area contributed by atoms with Gasteiger partial charge in [-0.3, -0.25) is 14.4 Å². The van der Waals surface area contributed by atoms with Crippen molar-refractivity contribution >= 4 is 17.8 Å². The number of hydrogen-bond donors (Lipinski definition) is 1. The van der Waals surface area contributed by atoms with Gasteiger partial charge in [-0.25, -0.2) is 0 Å². The summed E-state index contributed by atoms with van der Waals surface area (Å²) in [5.41, 5.74) is 0.410. The Labute approximate surface area is 207 Å². The lowest BCUT2D eigenvalue weighted by atomic mass is 9.66. The molecular formula is C28H34N2O5. The lowest BCUT2D eigenvalue weighted by molar-refractivity contribution is -0.178. The number of nitrogens with zero attached hydrogens (tertiary/aromatic N) is 1. The third-order valence-corrected chi connectivity index (χ3v) is 7.73. The van der Waals surface area contributed by atoms with Gasteiger partial charge in [0.1, 0.15) is 5.41 Å². The normalized spacial score (nSPS) is 28.6. The lowest BCUT2D eigenvalue weighted by Gasteiger charge is -2.52. The van der Waals surface area contributed by atoms with Crippen molar-refractivity contribution in [1.82, 2.24) is 10.2 Å². The average Bonchev–Trinajstić information content (AvgIpc) is 3.41. The zero-order chi connectivity index (χ0) is 25.0. The molecule has 0 bridgehead atoms. The minimum Gasteiger partial charge on any atom is -0.468 e. The summed E-state index contributed by atoms with van der Waals surface area (Å²) < 4.78 is 11.8. The maximum absolute atomic E-state index is 13.9. The first kappa shape index (κ1) is 25.0. The van der Waals surface area contributed by atoms with Crippen molar-refractivity contribution in [2.45, 2.75) is 64.2 Å². The zero-order valence-corrected chi connectivity index (χ0v) is 20.5. The number of ether oxygens (including phenoxy) is 2. The Hall–Kier alpha value is -3.11. The Kier molecular flexibility index (Phi) is 7.61. The zero-order valence-electron chi connectivity index (χ0n) is 20.5. The molecule has 1 saturated carbocycles. The van der Waals surface area contributed by atoms with Crippen molar-refractivity contribution < 1.29 is 23.9 Å². The molecule has 3 aliphatic rings. The van der Waals surface area contributed by atoms with E-state index in [4.69, 9.17) is 15.9 Å². The summed E-state index contributed by atoms with van der Waals surface area (Å²) in [4.78, 5) is 41.6. The fourth-order valence-corrected chi connectivity index (χ4v) is 5.92. The molecule has 4 atom stereocenters. The molecule has 35 heavy (non-hydrogen) atoms. The monoisotopic (exact) mass is 478 g/mol. The number of hydrogen-bond acceptors (Lipinski definition) is 5. The van der Waals surface area contributed by atoms with E-state index < -0.39 is 23.4 Å². The number of nitrogens with one attached hydrogen (secondary N) is 1. The number of benzene rings is 1. The molecule has 0 unspecified atom stereocenters. The third kappa shape index (κ3) is 4.85. The van der Waals surface area contributed by atoms with Gasteiger partial charge in [0.2, 0.25) is 11.8 Å². The Morgan fingerprint density at radius 1 is 1.26 bits per heavy atom. The van der Waals surface area contributed by atoms with E-state index in [2.05, 4.69) is 11.2 Å². The molecule has 7 nitrogen and oxygen atoms in total. The van der Waals surface area contributed by atoms with Gasteiger partial charge < -0.3 is 19.7 Å². The van der Waals surface area contributed by atoms with Crippen molar-refractivity contribution in [2.24, 2.45) is 17.3 Å². The highest BCUT2D eigenvalue weighted by molar-refractivity contribution is 5.92. The molecular weight excluding hydrogens is 444 g/mol. The van der Waals surface area contributed by atoms with Gasteiger partial charge in [-0.1, -0.05) is 49.1 Å². The number of rotatable bonds is 7. The van der Waals surface area contributed by atoms with Gasteiger partial charge in [0.15, 0.2) is 0 Å². The van der Waals surface area contributed by atoms with Crippen LogP contribution < -0.4 is 5.32 Å². The predicted molar refractivity (Wildman–Crippen MR) is 130 cm³/mol. The maximum Gasteiger partial charge on any atom is 0.320 e. The molecule has 2 heterocycles. The summed E-state index contributed by atoms with van der Waals surface area (Å²) in [7, 11) is 1.36. The van der Waals surface area contributed by atoms with E-state index in [-0.39, 0.29) is 37.3 Å². The van der Waals surface area contributed by atoms with Crippen LogP contribution in [-0.2, 0) is 30.4 Å². The third-order valence-electron chi connectivity index (χ3n) is 7.73. The van der Waals surface area contributed by atoms with E-state index in [1.807, 2.05) is 43.3 Å². The van der Waals surface area contributed by atoms with Crippen LogP contribution in [0.3, 0.4) is 0 Å². The topological polar surface area (TPSA) is 84.9 Å². The number of amides is 2. The van der Waals surface area contributed by atoms with Crippen LogP contribution in [0.4, 0.5) is 0 Å². The van der Waals surface area contributed by atoms with Crippen LogP contribution in [0.2, 0.25) is 0 Å². The van der Waals surface area contributed by atoms with Crippen molar-refractivity contribution in [1.29, 1.82) is 0 Å². The van der Waals surface area contributed by atoms with Gasteiger partial charge in [0.25, 0.3) is 0 Å². The number of piperidine rings is 1. The van der Waals surface area contributed by atoms with Gasteiger partial charge in [-0.2, -0.15) is 0 Å². The molecule has 2 aliphatic heterocycles. The number of carbonyl (C=O) groups is 3. The average molecular weight is 479 g/mol. The molecule has 0 radical (unpaired) electrons. The van der Waals surface area contributed by atoms with Crippen LogP contribution in [-0.4, -0.2) is 48.5 Å². The van der Waals surface area contributed by atoms with E-state index >= 15 is 0 Å². The Morgan fingerprint density at radius 2 is 1.97 bits per heavy atom. The molecule has 1 aromatic carbocycles. The first-order valence-electron chi connectivity index (χ1n) is 12.4. The molecule has 2 amide bonds. The smallest absolute Gasteiger partial charge is 0.320 e. The summed E-state index contributed by atoms with van der Waals surface area (Å²) in [5, 5.41) is 2.64. The van der Waals surface area contributed by atoms with Gasteiger partial charge in [-0.15, -0.1) is 6.42 Å². The Morgan fingerprint density at radius 3 is 2.63 bits per heavy atom. The van der Waals surface area contributed by atoms with Crippen LogP contribution in [0.5, 0.6) is 0 Å². The molecule has 186 valence electrons. The Balaban J connectivity index is 1.77. The summed E-state index contributed by atoms with van der Waals surface area (Å²) in [6, 6.07) is 9.67. The highest BCUT2D eigenvalue weighted by Gasteiger charge is 2.60. The number of carbonyl (C=O) groups excluding carboxylic acids is 3. The molecule has 1 saturated heterocycles. The van der Waals surface area contributed by atoms with E-state index in [1.54, 1.807) is 4.90 Å². The maximum atomic E-state index is 13.9. The molecule has 0 spiro atoms. The number of likely N-dealkylation sites (tertiary alicyclic amines) is 1. The molecule has 1 aliphatic carbocycles. The van der Waals surface area contributed by atoms with Crippen molar-refractivity contribution in [3.05, 3.63) is 47.7 Å². The summed E-state index contributed by atoms with van der Waals surface area (Å²) in [6.07, 6.45) is 11.1. The molecule has 4 rings (SSSR count). The van der Waals surface area contributed by atoms with Gasteiger partial charge in [0, 0.05) is 18.0 Å². The Bertz CT molecular complexity index is 1020. The second-order valence-electron chi connectivity index (χ2n) is 9.80. The van der Waals surface area contributed by atoms with Crippen LogP contribution in [0.15, 0.2) is 42.1 Å². The SMILES string of the molecule is C#CCNC(=O)C[C@H]1C[C@@]2(C(=O)OC)C(=C[C@H](C3CCCC3)O[C@@H]2C)N(Cc2ccccc2)C1=O. The number of fused-ring (bicyclic) bond motifs is 1. The largest absolute Gasteiger partial charge is 0.468 e. The predicted octanol–water partition coefficient (Wildman–Crippen LogP) is 3.20. The van der Waals surface area contributed by atoms with Crippen molar-refractivity contribution in [3.8, 4) is 12.3 Å². The quantitative estimate of drug-likeness (QED) is 0.481. The minimum absolute atomic E-state index is 0.0589. The van der Waals surface area contributed by atoms with Crippen molar-refractivity contribution in [3.63, 3.8) is 0 Å². The first-order valence-corrected chi connectivity index (χ1v) is 12.4. The van der Waals surface area contributed by atoms with Gasteiger partial charge >= 0.3 is 5.97 Å². The van der Waals surface area contributed by atoms with Gasteiger partial charge in [0.05, 0.1) is 32.4 Å². The van der Waals surface area contributed by atoms with Crippen molar-refractivity contribution in [2.75, 3.05) is 13.7 Å². The summed E-state index contributed by atoms with van der Waals surface area (Å²) in [5.74, 6) is 1.10. The molecule has 0 aromatic heterocycles. The summed E-state index contributed by atoms with van der Waals surface area (Å²) in [6.45, 7) is 2.28. The number of esters is 1. The number of terminal acetylenes is 1. The van der Waals surface area contributed by atoms with E-state index in [1.165, 1.54) is 7.11 Å². The minimum atomic E-state index is -1.18. The highest BCUT2D eigenvalue weighted by atomic mass is 16.5. The van der Waals surface area contributed by atoms with Gasteiger partial charge in [-0.05, 0) is 43.7 Å². The summed E-state index contributed by atoms with van der Waals surface area (Å²) >= 11 is 0. The molecule has 1 aromatic rings. The van der Waals surface area contributed by atoms with Crippen LogP contribution >= 0.6 is 0 Å². The first-order chi connectivity index (χ1) is 16.9. The second kappa shape index (κ2) is 10.7. The van der Waals surface area contributed by atoms with E-state index in [0.717, 1.165) is 31.2 Å². The number of methoxy groups -OCH3 is 1. The second-order valence-corrected chi connectivity index (χ2v) is 9.80. The standard InChI is InChI=1S/C28H34N2O5/c1-4-14-29-25(31)15-22-17-28(27(33)34-3)19(2)35-23(21-12-8-9-13-21)16-24(28)30(26(22)32)18-20-10-6-5-7-11-20/h1,5-7,10-11,16,19,21-23H,8-9,12-15,17-18H2,2-3H3,(H,29,31)/t19-,22+,23-,28+/m1/s1. The molecule has 1 N–H and O–H groups in total. The van der Waals surface area contributed by atoms with E-state index in [9.17, 15) is 14.4 Å². The fraction of sp³-hybridized carbons (Fsp3) is 0.536. The van der Waals surface area contributed by atoms with Crippen LogP contribution in [0, 0.1) is 29.6 Å².